The highest BCUT2D eigenvalue weighted by Gasteiger charge is 2.13. The quantitative estimate of drug-likeness (QED) is 0.884. The lowest BCUT2D eigenvalue weighted by atomic mass is 10.3. The van der Waals surface area contributed by atoms with Crippen molar-refractivity contribution in [2.75, 3.05) is 7.11 Å². The molecule has 0 aliphatic heterocycles. The molecule has 0 aliphatic carbocycles. The van der Waals surface area contributed by atoms with E-state index < -0.39 is 5.97 Å². The molecule has 1 N–H and O–H groups in total. The van der Waals surface area contributed by atoms with Crippen LogP contribution < -0.4 is 4.74 Å². The number of hydrogen-bond donors (Lipinski definition) is 1. The van der Waals surface area contributed by atoms with E-state index in [4.69, 9.17) is 9.84 Å². The third-order valence-corrected chi connectivity index (χ3v) is 2.31. The lowest BCUT2D eigenvalue weighted by Crippen LogP contribution is -2.06. The number of aliphatic carboxylic acids is 1. The Balaban J connectivity index is 3.15. The molecule has 0 spiro atoms. The summed E-state index contributed by atoms with van der Waals surface area (Å²) in [5.74, 6) is -0.0964. The molecule has 0 unspecified atom stereocenters. The molecule has 0 atom stereocenters. The summed E-state index contributed by atoms with van der Waals surface area (Å²) < 4.78 is 5.45. The van der Waals surface area contributed by atoms with Crippen molar-refractivity contribution in [3.63, 3.8) is 0 Å². The van der Waals surface area contributed by atoms with Crippen LogP contribution in [0, 0.1) is 6.92 Å². The van der Waals surface area contributed by atoms with Crippen LogP contribution in [0.1, 0.15) is 11.5 Å². The summed E-state index contributed by atoms with van der Waals surface area (Å²) in [6.45, 7) is 1.68. The van der Waals surface area contributed by atoms with Crippen molar-refractivity contribution in [1.29, 1.82) is 0 Å². The summed E-state index contributed by atoms with van der Waals surface area (Å²) in [5, 5.41) is 8.62. The number of hydrogen-bond acceptors (Lipinski definition) is 4. The lowest BCUT2D eigenvalue weighted by molar-refractivity contribution is -0.136. The van der Waals surface area contributed by atoms with Crippen molar-refractivity contribution in [2.24, 2.45) is 0 Å². The fraction of sp³-hybridized carbons (Fsp3) is 0.375. The van der Waals surface area contributed by atoms with E-state index in [0.29, 0.717) is 21.9 Å². The van der Waals surface area contributed by atoms with Gasteiger partial charge in [-0.2, -0.15) is 4.98 Å². The van der Waals surface area contributed by atoms with Gasteiger partial charge in [0.15, 0.2) is 0 Å². The molecule has 1 rings (SSSR count). The van der Waals surface area contributed by atoms with Crippen LogP contribution in [0.15, 0.2) is 4.47 Å². The van der Waals surface area contributed by atoms with Crippen molar-refractivity contribution >= 4 is 21.9 Å². The van der Waals surface area contributed by atoms with Crippen LogP contribution in [-0.2, 0) is 11.2 Å². The summed E-state index contributed by atoms with van der Waals surface area (Å²) in [5.41, 5.74) is 0.418. The van der Waals surface area contributed by atoms with Gasteiger partial charge < -0.3 is 9.84 Å². The monoisotopic (exact) mass is 260 g/mol. The summed E-state index contributed by atoms with van der Waals surface area (Å²) >= 11 is 3.19. The van der Waals surface area contributed by atoms with E-state index >= 15 is 0 Å². The summed E-state index contributed by atoms with van der Waals surface area (Å²) in [4.78, 5) is 18.5. The van der Waals surface area contributed by atoms with Gasteiger partial charge in [0.1, 0.15) is 10.3 Å². The maximum Gasteiger partial charge on any atom is 0.309 e. The average molecular weight is 261 g/mol. The summed E-state index contributed by atoms with van der Waals surface area (Å²) in [6.07, 6.45) is -0.152. The fourth-order valence-electron chi connectivity index (χ4n) is 0.984. The Morgan fingerprint density at radius 2 is 2.21 bits per heavy atom. The van der Waals surface area contributed by atoms with Crippen LogP contribution in [-0.4, -0.2) is 28.2 Å². The number of nitrogens with zero attached hydrogens (tertiary/aromatic N) is 2. The van der Waals surface area contributed by atoms with Gasteiger partial charge >= 0.3 is 5.97 Å². The topological polar surface area (TPSA) is 72.3 Å². The third-order valence-electron chi connectivity index (χ3n) is 1.51. The number of methoxy groups -OCH3 is 1. The minimum Gasteiger partial charge on any atom is -0.481 e. The zero-order valence-electron chi connectivity index (χ0n) is 7.74. The van der Waals surface area contributed by atoms with Crippen LogP contribution in [0.25, 0.3) is 0 Å². The van der Waals surface area contributed by atoms with Crippen molar-refractivity contribution in [3.8, 4) is 5.88 Å². The molecule has 0 aromatic carbocycles. The number of aryl methyl sites for hydroxylation is 1. The highest BCUT2D eigenvalue weighted by Crippen LogP contribution is 2.25. The third kappa shape index (κ3) is 2.41. The standard InChI is InChI=1S/C8H9BrN2O3/c1-4-10-5(3-6(12)13)7(9)8(11-4)14-2/h3H2,1-2H3,(H,12,13). The second-order valence-electron chi connectivity index (χ2n) is 2.61. The Morgan fingerprint density at radius 3 is 2.71 bits per heavy atom. The predicted octanol–water partition coefficient (Wildman–Crippen LogP) is 1.18. The summed E-state index contributed by atoms with van der Waals surface area (Å²) in [7, 11) is 1.47. The van der Waals surface area contributed by atoms with Gasteiger partial charge in [0.05, 0.1) is 19.2 Å². The second-order valence-corrected chi connectivity index (χ2v) is 3.40. The van der Waals surface area contributed by atoms with Crippen LogP contribution >= 0.6 is 15.9 Å². The Hall–Kier alpha value is -1.17. The second kappa shape index (κ2) is 4.36. The molecule has 76 valence electrons. The zero-order chi connectivity index (χ0) is 10.7. The van der Waals surface area contributed by atoms with Gasteiger partial charge in [0.2, 0.25) is 5.88 Å². The largest absolute Gasteiger partial charge is 0.481 e. The van der Waals surface area contributed by atoms with Crippen LogP contribution in [0.2, 0.25) is 0 Å². The number of carboxylic acid groups (broad SMARTS) is 1. The summed E-state index contributed by atoms with van der Waals surface area (Å²) in [6, 6.07) is 0. The first-order valence-corrected chi connectivity index (χ1v) is 4.62. The van der Waals surface area contributed by atoms with Crippen molar-refractivity contribution < 1.29 is 14.6 Å². The van der Waals surface area contributed by atoms with Crippen molar-refractivity contribution in [3.05, 3.63) is 16.0 Å². The molecule has 5 nitrogen and oxygen atoms in total. The predicted molar refractivity (Wildman–Crippen MR) is 52.4 cm³/mol. The molecule has 0 amide bonds. The van der Waals surface area contributed by atoms with Gasteiger partial charge in [-0.15, -0.1) is 0 Å². The Bertz CT molecular complexity index is 368. The first-order valence-electron chi connectivity index (χ1n) is 3.83. The number of carboxylic acids is 1. The molecule has 0 radical (unpaired) electrons. The van der Waals surface area contributed by atoms with E-state index in [0.717, 1.165) is 0 Å². The van der Waals surface area contributed by atoms with Crippen LogP contribution in [0.4, 0.5) is 0 Å². The van der Waals surface area contributed by atoms with E-state index in [-0.39, 0.29) is 6.42 Å². The maximum atomic E-state index is 10.5. The minimum atomic E-state index is -0.939. The molecule has 1 aromatic heterocycles. The molecule has 1 aromatic rings. The van der Waals surface area contributed by atoms with Gasteiger partial charge in [-0.3, -0.25) is 4.79 Å². The number of carbonyl (C=O) groups is 1. The minimum absolute atomic E-state index is 0.152. The van der Waals surface area contributed by atoms with Gasteiger partial charge in [-0.05, 0) is 22.9 Å². The van der Waals surface area contributed by atoms with E-state index in [1.807, 2.05) is 0 Å². The average Bonchev–Trinajstić information content (AvgIpc) is 2.09. The fourth-order valence-corrected chi connectivity index (χ4v) is 1.46. The molecular weight excluding hydrogens is 252 g/mol. The highest BCUT2D eigenvalue weighted by molar-refractivity contribution is 9.10. The Morgan fingerprint density at radius 1 is 1.57 bits per heavy atom. The SMILES string of the molecule is COc1nc(C)nc(CC(=O)O)c1Br. The van der Waals surface area contributed by atoms with Crippen LogP contribution in [0.3, 0.4) is 0 Å². The molecule has 14 heavy (non-hydrogen) atoms. The smallest absolute Gasteiger partial charge is 0.309 e. The molecule has 0 bridgehead atoms. The molecule has 1 heterocycles. The van der Waals surface area contributed by atoms with Crippen LogP contribution in [0.5, 0.6) is 5.88 Å². The molecule has 0 saturated carbocycles. The molecule has 0 fully saturated rings. The Kier molecular flexibility index (Phi) is 3.40. The number of aromatic nitrogens is 2. The molecule has 0 aliphatic rings. The van der Waals surface area contributed by atoms with Gasteiger partial charge in [-0.25, -0.2) is 4.98 Å². The van der Waals surface area contributed by atoms with Crippen molar-refractivity contribution in [2.45, 2.75) is 13.3 Å². The van der Waals surface area contributed by atoms with Gasteiger partial charge in [0.25, 0.3) is 0 Å². The van der Waals surface area contributed by atoms with Crippen molar-refractivity contribution in [1.82, 2.24) is 9.97 Å². The first-order chi connectivity index (χ1) is 6.54. The molecule has 0 saturated heterocycles. The van der Waals surface area contributed by atoms with E-state index in [1.165, 1.54) is 7.11 Å². The highest BCUT2D eigenvalue weighted by atomic mass is 79.9. The first kappa shape index (κ1) is 10.9. The number of ether oxygens (including phenoxy) is 1. The number of rotatable bonds is 3. The van der Waals surface area contributed by atoms with Gasteiger partial charge in [0, 0.05) is 0 Å². The normalized spacial score (nSPS) is 9.93. The van der Waals surface area contributed by atoms with Gasteiger partial charge in [-0.1, -0.05) is 0 Å². The maximum absolute atomic E-state index is 10.5. The zero-order valence-corrected chi connectivity index (χ0v) is 9.33. The Labute approximate surface area is 89.3 Å². The van der Waals surface area contributed by atoms with E-state index in [2.05, 4.69) is 25.9 Å². The number of halogens is 1. The van der Waals surface area contributed by atoms with E-state index in [9.17, 15) is 4.79 Å². The van der Waals surface area contributed by atoms with E-state index in [1.54, 1.807) is 6.92 Å². The molecule has 6 heteroatoms. The lowest BCUT2D eigenvalue weighted by Gasteiger charge is -2.06. The molecular formula is C8H9BrN2O3.